The number of aliphatic hydroxyl groups excluding tert-OH is 4. The van der Waals surface area contributed by atoms with Crippen LogP contribution in [0.5, 0.6) is 0 Å². The van der Waals surface area contributed by atoms with Gasteiger partial charge in [-0.1, -0.05) is 39.0 Å². The molecule has 4 N–H and O–H groups in total. The Morgan fingerprint density at radius 2 is 1.92 bits per heavy atom. The third-order valence-electron chi connectivity index (χ3n) is 8.09. The molecule has 9 atom stereocenters. The van der Waals surface area contributed by atoms with Gasteiger partial charge >= 0.3 is 18.2 Å². The van der Waals surface area contributed by atoms with Crippen molar-refractivity contribution in [1.29, 1.82) is 0 Å². The molecule has 11 heteroatoms. The molecule has 1 saturated heterocycles. The fraction of sp³-hybridized carbons (Fsp3) is 0.786. The van der Waals surface area contributed by atoms with Crippen LogP contribution in [0.1, 0.15) is 73.1 Å². The number of nitrogens with zero attached hydrogens (tertiary/aromatic N) is 1. The molecule has 1 fully saturated rings. The summed E-state index contributed by atoms with van der Waals surface area (Å²) < 4.78 is 11.6. The van der Waals surface area contributed by atoms with Gasteiger partial charge in [-0.05, 0) is 62.9 Å². The number of hydrogen-bond donors (Lipinski definition) is 4. The fourth-order valence-corrected chi connectivity index (χ4v) is 5.31. The third-order valence-corrected chi connectivity index (χ3v) is 8.09. The van der Waals surface area contributed by atoms with Crippen LogP contribution in [0.25, 0.3) is 0 Å². The highest BCUT2D eigenvalue weighted by atomic mass is 16.7. The van der Waals surface area contributed by atoms with Crippen LogP contribution in [0.2, 0.25) is 0 Å². The van der Waals surface area contributed by atoms with Gasteiger partial charge in [0.15, 0.2) is 6.10 Å². The van der Waals surface area contributed by atoms with Crippen molar-refractivity contribution in [2.75, 3.05) is 6.61 Å². The number of nitro groups is 1. The Labute approximate surface area is 230 Å². The number of carbonyl (C=O) groups is 2. The SMILES string of the molecule is CCC(C)(C)C(=O)O[C@H]1C[C@@H](C)C=C2C=C[C@H](C)[C@H](CC[C@@H]3C[C@@H](O)CC(=O)O3)[C@H]21.O=[N+]([O-])C(O)C(O)CO. The lowest BCUT2D eigenvalue weighted by molar-refractivity contribution is -0.583. The van der Waals surface area contributed by atoms with E-state index in [-0.39, 0.29) is 36.5 Å². The maximum absolute atomic E-state index is 12.9. The normalized spacial score (nSPS) is 32.0. The number of allylic oxidation sites excluding steroid dienone is 3. The molecule has 11 nitrogen and oxygen atoms in total. The average molecular weight is 556 g/mol. The largest absolute Gasteiger partial charge is 0.462 e. The van der Waals surface area contributed by atoms with Gasteiger partial charge in [0, 0.05) is 12.3 Å². The quantitative estimate of drug-likeness (QED) is 0.143. The summed E-state index contributed by atoms with van der Waals surface area (Å²) in [5.41, 5.74) is 0.785. The van der Waals surface area contributed by atoms with Gasteiger partial charge in [0.25, 0.3) is 0 Å². The van der Waals surface area contributed by atoms with Crippen LogP contribution in [0.15, 0.2) is 23.8 Å². The predicted octanol–water partition coefficient (Wildman–Crippen LogP) is 2.52. The first-order valence-electron chi connectivity index (χ1n) is 13.8. The van der Waals surface area contributed by atoms with E-state index in [0.717, 1.165) is 25.7 Å². The molecule has 1 heterocycles. The Balaban J connectivity index is 0.000000510. The second kappa shape index (κ2) is 14.3. The molecule has 0 radical (unpaired) electrons. The van der Waals surface area contributed by atoms with Crippen molar-refractivity contribution in [1.82, 2.24) is 0 Å². The van der Waals surface area contributed by atoms with E-state index >= 15 is 0 Å². The van der Waals surface area contributed by atoms with Crippen LogP contribution in [0, 0.1) is 39.2 Å². The average Bonchev–Trinajstić information content (AvgIpc) is 2.86. The molecule has 0 bridgehead atoms. The van der Waals surface area contributed by atoms with Crippen molar-refractivity contribution in [2.45, 2.75) is 104 Å². The number of rotatable bonds is 9. The third kappa shape index (κ3) is 9.09. The minimum atomic E-state index is -2.09. The first-order chi connectivity index (χ1) is 18.2. The molecule has 2 unspecified atom stereocenters. The second-order valence-corrected chi connectivity index (χ2v) is 11.7. The summed E-state index contributed by atoms with van der Waals surface area (Å²) in [5.74, 6) is 0.776. The van der Waals surface area contributed by atoms with Gasteiger partial charge in [0.1, 0.15) is 12.2 Å². The molecule has 0 amide bonds. The topological polar surface area (TPSA) is 177 Å². The monoisotopic (exact) mass is 555 g/mol. The zero-order chi connectivity index (χ0) is 29.5. The number of hydrogen-bond acceptors (Lipinski definition) is 10. The molecule has 3 rings (SSSR count). The maximum Gasteiger partial charge on any atom is 0.341 e. The minimum Gasteiger partial charge on any atom is -0.462 e. The lowest BCUT2D eigenvalue weighted by Crippen LogP contribution is -2.43. The van der Waals surface area contributed by atoms with Crippen LogP contribution < -0.4 is 0 Å². The van der Waals surface area contributed by atoms with Gasteiger partial charge in [-0.15, -0.1) is 0 Å². The maximum atomic E-state index is 12.9. The van der Waals surface area contributed by atoms with Crippen LogP contribution in [0.4, 0.5) is 0 Å². The van der Waals surface area contributed by atoms with Crippen molar-refractivity contribution in [3.8, 4) is 0 Å². The molecule has 0 aromatic rings. The molecule has 0 saturated carbocycles. The van der Waals surface area contributed by atoms with E-state index in [1.165, 1.54) is 5.57 Å². The number of fused-ring (bicyclic) bond motifs is 1. The molecule has 0 aromatic carbocycles. The summed E-state index contributed by atoms with van der Waals surface area (Å²) in [6.45, 7) is 9.49. The number of cyclic esters (lactones) is 1. The van der Waals surface area contributed by atoms with Crippen molar-refractivity contribution in [2.24, 2.45) is 29.1 Å². The summed E-state index contributed by atoms with van der Waals surface area (Å²) >= 11 is 0. The van der Waals surface area contributed by atoms with E-state index in [1.807, 2.05) is 20.8 Å². The lowest BCUT2D eigenvalue weighted by atomic mass is 9.65. The summed E-state index contributed by atoms with van der Waals surface area (Å²) in [6.07, 6.45) is 5.83. The highest BCUT2D eigenvalue weighted by Crippen LogP contribution is 2.45. The van der Waals surface area contributed by atoms with E-state index in [1.54, 1.807) is 0 Å². The molecular formula is C28H45NO10. The van der Waals surface area contributed by atoms with Crippen molar-refractivity contribution < 1.29 is 44.4 Å². The standard InChI is InChI=1S/C25H38O5.C3H7NO5/c1-6-25(4,5)24(28)30-21-12-15(2)11-17-8-7-16(3)20(23(17)21)10-9-19-13-18(26)14-22(27)29-19;5-1-2(6)3(7)4(8)9/h7-8,11,15-16,18-21,23,26H,6,9-10,12-14H2,1-5H3;2-3,5-7H,1H2/t15-,16-,18+,19+,20-,21-,23-;/m0./s1. The molecular weight excluding hydrogens is 510 g/mol. The van der Waals surface area contributed by atoms with E-state index in [4.69, 9.17) is 24.8 Å². The first-order valence-corrected chi connectivity index (χ1v) is 13.8. The Morgan fingerprint density at radius 1 is 1.26 bits per heavy atom. The molecule has 0 aromatic heterocycles. The van der Waals surface area contributed by atoms with E-state index in [2.05, 4.69) is 32.1 Å². The van der Waals surface area contributed by atoms with Crippen LogP contribution in [0.3, 0.4) is 0 Å². The molecule has 2 aliphatic carbocycles. The number of esters is 2. The highest BCUT2D eigenvalue weighted by Gasteiger charge is 2.43. The first kappa shape index (κ1) is 32.9. The van der Waals surface area contributed by atoms with Crippen LogP contribution in [-0.4, -0.2) is 74.5 Å². The molecule has 3 aliphatic rings. The number of aliphatic hydroxyl groups is 4. The van der Waals surface area contributed by atoms with Crippen molar-refractivity contribution >= 4 is 11.9 Å². The Kier molecular flexibility index (Phi) is 12.1. The molecule has 222 valence electrons. The van der Waals surface area contributed by atoms with Gasteiger partial charge < -0.3 is 29.9 Å². The van der Waals surface area contributed by atoms with E-state index < -0.39 is 35.4 Å². The van der Waals surface area contributed by atoms with Gasteiger partial charge in [0.05, 0.1) is 29.5 Å². The summed E-state index contributed by atoms with van der Waals surface area (Å²) in [5, 5.41) is 44.2. The summed E-state index contributed by atoms with van der Waals surface area (Å²) in [7, 11) is 0. The molecule has 0 spiro atoms. The zero-order valence-electron chi connectivity index (χ0n) is 23.6. The van der Waals surface area contributed by atoms with E-state index in [9.17, 15) is 24.8 Å². The summed E-state index contributed by atoms with van der Waals surface area (Å²) in [6, 6.07) is 0. The smallest absolute Gasteiger partial charge is 0.341 e. The zero-order valence-corrected chi connectivity index (χ0v) is 23.6. The number of carbonyl (C=O) groups excluding carboxylic acids is 2. The molecule has 39 heavy (non-hydrogen) atoms. The van der Waals surface area contributed by atoms with Gasteiger partial charge in [-0.2, -0.15) is 0 Å². The minimum absolute atomic E-state index is 0.0949. The van der Waals surface area contributed by atoms with Gasteiger partial charge in [-0.3, -0.25) is 19.7 Å². The Morgan fingerprint density at radius 3 is 2.46 bits per heavy atom. The van der Waals surface area contributed by atoms with Gasteiger partial charge in [0.2, 0.25) is 0 Å². The van der Waals surface area contributed by atoms with E-state index in [0.29, 0.717) is 24.2 Å². The lowest BCUT2D eigenvalue weighted by Gasteiger charge is -2.44. The predicted molar refractivity (Wildman–Crippen MR) is 142 cm³/mol. The van der Waals surface area contributed by atoms with Crippen molar-refractivity contribution in [3.05, 3.63) is 33.9 Å². The van der Waals surface area contributed by atoms with Crippen LogP contribution in [-0.2, 0) is 19.1 Å². The van der Waals surface area contributed by atoms with Crippen LogP contribution >= 0.6 is 0 Å². The molecule has 1 aliphatic heterocycles. The second-order valence-electron chi connectivity index (χ2n) is 11.7. The van der Waals surface area contributed by atoms with Gasteiger partial charge in [-0.25, -0.2) is 0 Å². The van der Waals surface area contributed by atoms with Crippen molar-refractivity contribution in [3.63, 3.8) is 0 Å². The fourth-order valence-electron chi connectivity index (χ4n) is 5.31. The summed E-state index contributed by atoms with van der Waals surface area (Å²) in [4.78, 5) is 33.1. The Bertz CT molecular complexity index is 916. The highest BCUT2D eigenvalue weighted by molar-refractivity contribution is 5.76. The Hall–Kier alpha value is -2.34. The number of ether oxygens (including phenoxy) is 2.